The number of nitrogens with zero attached hydrogens (tertiary/aromatic N) is 3. The third-order valence-corrected chi connectivity index (χ3v) is 8.23. The summed E-state index contributed by atoms with van der Waals surface area (Å²) in [5.41, 5.74) is 2.90. The number of fused-ring (bicyclic) bond motifs is 1. The zero-order valence-corrected chi connectivity index (χ0v) is 20.1. The van der Waals surface area contributed by atoms with Crippen LogP contribution in [0.4, 0.5) is 5.69 Å². The molecule has 3 heterocycles. The average molecular weight is 483 g/mol. The molecule has 2 fully saturated rings. The van der Waals surface area contributed by atoms with Crippen LogP contribution < -0.4 is 10.2 Å². The molecule has 1 atom stereocenters. The third kappa shape index (κ3) is 4.54. The Bertz CT molecular complexity index is 1180. The fourth-order valence-electron chi connectivity index (χ4n) is 4.88. The van der Waals surface area contributed by atoms with Crippen LogP contribution in [0, 0.1) is 5.92 Å². The maximum Gasteiger partial charge on any atom is 0.285 e. The van der Waals surface area contributed by atoms with Gasteiger partial charge in [0, 0.05) is 43.3 Å². The summed E-state index contributed by atoms with van der Waals surface area (Å²) in [6, 6.07) is 15.2. The summed E-state index contributed by atoms with van der Waals surface area (Å²) < 4.78 is 34.2. The Kier molecular flexibility index (Phi) is 6.31. The van der Waals surface area contributed by atoms with Gasteiger partial charge in [0.1, 0.15) is 4.90 Å². The third-order valence-electron chi connectivity index (χ3n) is 6.91. The fourth-order valence-corrected chi connectivity index (χ4v) is 6.11. The summed E-state index contributed by atoms with van der Waals surface area (Å²) >= 11 is 0. The molecular weight excluding hydrogens is 452 g/mol. The van der Waals surface area contributed by atoms with E-state index >= 15 is 0 Å². The summed E-state index contributed by atoms with van der Waals surface area (Å²) in [7, 11) is -3.63. The van der Waals surface area contributed by atoms with Crippen LogP contribution in [-0.2, 0) is 19.6 Å². The van der Waals surface area contributed by atoms with Crippen molar-refractivity contribution in [3.8, 4) is 0 Å². The van der Waals surface area contributed by atoms with E-state index in [0.29, 0.717) is 37.3 Å². The smallest absolute Gasteiger partial charge is 0.285 e. The number of carbonyl (C=O) groups is 1. The second-order valence-electron chi connectivity index (χ2n) is 9.07. The van der Waals surface area contributed by atoms with E-state index in [1.807, 2.05) is 17.9 Å². The van der Waals surface area contributed by atoms with E-state index in [4.69, 9.17) is 4.74 Å². The minimum absolute atomic E-state index is 0.0470. The van der Waals surface area contributed by atoms with Crippen molar-refractivity contribution in [2.24, 2.45) is 10.3 Å². The van der Waals surface area contributed by atoms with Crippen LogP contribution in [-0.4, -0.2) is 64.5 Å². The van der Waals surface area contributed by atoms with Crippen molar-refractivity contribution in [3.63, 3.8) is 0 Å². The molecule has 0 aliphatic carbocycles. The lowest BCUT2D eigenvalue weighted by molar-refractivity contribution is -0.126. The summed E-state index contributed by atoms with van der Waals surface area (Å²) in [4.78, 5) is 17.5. The molecule has 1 unspecified atom stereocenters. The van der Waals surface area contributed by atoms with Crippen molar-refractivity contribution in [1.29, 1.82) is 0 Å². The molecule has 0 radical (unpaired) electrons. The van der Waals surface area contributed by atoms with Gasteiger partial charge in [-0.3, -0.25) is 4.79 Å². The largest absolute Gasteiger partial charge is 0.378 e. The van der Waals surface area contributed by atoms with Crippen LogP contribution in [0.5, 0.6) is 0 Å². The molecule has 34 heavy (non-hydrogen) atoms. The molecule has 3 aliphatic rings. The Hall–Kier alpha value is -2.91. The van der Waals surface area contributed by atoms with Gasteiger partial charge in [0.05, 0.1) is 19.3 Å². The van der Waals surface area contributed by atoms with Crippen molar-refractivity contribution in [1.82, 2.24) is 10.2 Å². The molecule has 8 nitrogen and oxygen atoms in total. The number of morpholine rings is 1. The Morgan fingerprint density at radius 2 is 1.68 bits per heavy atom. The lowest BCUT2D eigenvalue weighted by Gasteiger charge is -2.33. The van der Waals surface area contributed by atoms with Gasteiger partial charge in [0.15, 0.2) is 5.84 Å². The predicted octanol–water partition coefficient (Wildman–Crippen LogP) is 2.56. The number of hydrogen-bond donors (Lipinski definition) is 1. The molecule has 0 bridgehead atoms. The van der Waals surface area contributed by atoms with Crippen LogP contribution in [0.25, 0.3) is 0 Å². The van der Waals surface area contributed by atoms with Gasteiger partial charge in [-0.05, 0) is 49.6 Å². The minimum Gasteiger partial charge on any atom is -0.378 e. The molecule has 5 rings (SSSR count). The zero-order chi connectivity index (χ0) is 23.7. The van der Waals surface area contributed by atoms with E-state index < -0.39 is 10.0 Å². The van der Waals surface area contributed by atoms with Crippen molar-refractivity contribution in [2.75, 3.05) is 44.3 Å². The molecule has 1 amide bonds. The van der Waals surface area contributed by atoms with Crippen LogP contribution in [0.3, 0.4) is 0 Å². The average Bonchev–Trinajstić information content (AvgIpc) is 3.15. The summed E-state index contributed by atoms with van der Waals surface area (Å²) in [6.07, 6.45) is 1.32. The topological polar surface area (TPSA) is 91.3 Å². The Labute approximate surface area is 200 Å². The minimum atomic E-state index is -3.63. The van der Waals surface area contributed by atoms with Crippen LogP contribution in [0.2, 0.25) is 0 Å². The van der Waals surface area contributed by atoms with Gasteiger partial charge in [0.25, 0.3) is 10.0 Å². The molecule has 180 valence electrons. The summed E-state index contributed by atoms with van der Waals surface area (Å²) in [5, 5.41) is 3.16. The van der Waals surface area contributed by atoms with Crippen molar-refractivity contribution in [3.05, 3.63) is 59.7 Å². The number of anilines is 1. The Morgan fingerprint density at radius 3 is 2.38 bits per heavy atom. The highest BCUT2D eigenvalue weighted by Crippen LogP contribution is 2.30. The molecule has 9 heteroatoms. The van der Waals surface area contributed by atoms with Crippen molar-refractivity contribution >= 4 is 27.5 Å². The number of rotatable bonds is 4. The number of hydrogen-bond acceptors (Lipinski definition) is 6. The van der Waals surface area contributed by atoms with Crippen LogP contribution >= 0.6 is 0 Å². The number of nitrogens with one attached hydrogen (secondary N) is 1. The van der Waals surface area contributed by atoms with Gasteiger partial charge in [-0.1, -0.05) is 24.3 Å². The molecule has 2 aromatic carbocycles. The monoisotopic (exact) mass is 482 g/mol. The molecule has 0 saturated carbocycles. The normalized spacial score (nSPS) is 21.0. The number of carbonyl (C=O) groups excluding carboxylic acids is 1. The Balaban J connectivity index is 1.16. The van der Waals surface area contributed by atoms with Gasteiger partial charge in [-0.15, -0.1) is 4.40 Å². The number of ether oxygens (including phenoxy) is 1. The first-order chi connectivity index (χ1) is 16.4. The number of amidine groups is 1. The van der Waals surface area contributed by atoms with E-state index in [0.717, 1.165) is 31.9 Å². The van der Waals surface area contributed by atoms with E-state index in [-0.39, 0.29) is 22.8 Å². The van der Waals surface area contributed by atoms with E-state index in [2.05, 4.69) is 38.9 Å². The van der Waals surface area contributed by atoms with Crippen LogP contribution in [0.15, 0.2) is 57.8 Å². The maximum atomic E-state index is 12.9. The van der Waals surface area contributed by atoms with E-state index in [1.54, 1.807) is 18.2 Å². The molecule has 1 N–H and O–H groups in total. The lowest BCUT2D eigenvalue weighted by atomic mass is 9.94. The first-order valence-electron chi connectivity index (χ1n) is 11.8. The number of benzene rings is 2. The Morgan fingerprint density at radius 1 is 1.00 bits per heavy atom. The maximum absolute atomic E-state index is 12.9. The predicted molar refractivity (Wildman–Crippen MR) is 130 cm³/mol. The van der Waals surface area contributed by atoms with Crippen LogP contribution in [0.1, 0.15) is 36.9 Å². The highest BCUT2D eigenvalue weighted by atomic mass is 32.2. The second kappa shape index (κ2) is 9.38. The first kappa shape index (κ1) is 22.9. The van der Waals surface area contributed by atoms with Gasteiger partial charge < -0.3 is 19.9 Å². The molecule has 2 saturated heterocycles. The fraction of sp³-hybridized carbons (Fsp3) is 0.440. The molecule has 2 aromatic rings. The SMILES string of the molecule is CC(NC(=O)C1CCN(C2=NS(=O)(=O)c3ccccc32)CC1)c1ccc(N2CCOCC2)cc1. The molecule has 0 aromatic heterocycles. The number of likely N-dealkylation sites (tertiary alicyclic amines) is 1. The van der Waals surface area contributed by atoms with E-state index in [9.17, 15) is 13.2 Å². The van der Waals surface area contributed by atoms with Crippen molar-refractivity contribution < 1.29 is 17.9 Å². The highest BCUT2D eigenvalue weighted by molar-refractivity contribution is 7.90. The molecule has 0 spiro atoms. The standard InChI is InChI=1S/C25H30N4O4S/c1-18(19-6-8-21(9-7-19)28-14-16-33-17-15-28)26-25(30)20-10-12-29(13-11-20)24-22-4-2-3-5-23(22)34(31,32)27-24/h2-9,18,20H,10-17H2,1H3,(H,26,30). The number of amides is 1. The molecule has 3 aliphatic heterocycles. The summed E-state index contributed by atoms with van der Waals surface area (Å²) in [6.45, 7) is 6.51. The van der Waals surface area contributed by atoms with Gasteiger partial charge in [0.2, 0.25) is 5.91 Å². The van der Waals surface area contributed by atoms with Gasteiger partial charge in [-0.25, -0.2) is 0 Å². The molecular formula is C25H30N4O4S. The van der Waals surface area contributed by atoms with Crippen molar-refractivity contribution in [2.45, 2.75) is 30.7 Å². The lowest BCUT2D eigenvalue weighted by Crippen LogP contribution is -2.43. The number of piperidine rings is 1. The van der Waals surface area contributed by atoms with Gasteiger partial charge in [-0.2, -0.15) is 8.42 Å². The first-order valence-corrected chi connectivity index (χ1v) is 13.3. The highest BCUT2D eigenvalue weighted by Gasteiger charge is 2.34. The second-order valence-corrected chi connectivity index (χ2v) is 10.6. The quantitative estimate of drug-likeness (QED) is 0.720. The zero-order valence-electron chi connectivity index (χ0n) is 19.3. The van der Waals surface area contributed by atoms with E-state index in [1.165, 1.54) is 5.69 Å². The number of sulfonamides is 1. The summed E-state index contributed by atoms with van der Waals surface area (Å²) in [5.74, 6) is 0.453. The van der Waals surface area contributed by atoms with Gasteiger partial charge >= 0.3 is 0 Å².